The standard InChI is InChI=1S/C6H5ClO.C5H5.V/c7-8-6-4-2-1-3-5-6;1-2-4-5-3-1;/h1-5H;1-3H,4H2;. The number of hydrogen-bond acceptors (Lipinski definition) is 1. The van der Waals surface area contributed by atoms with Gasteiger partial charge in [-0.3, -0.25) is 0 Å². The summed E-state index contributed by atoms with van der Waals surface area (Å²) in [6, 6.07) is 9.19. The van der Waals surface area contributed by atoms with Crippen LogP contribution in [0.15, 0.2) is 52.8 Å². The molecule has 0 amide bonds. The predicted octanol–water partition coefficient (Wildman–Crippen LogP) is 3.60. The molecule has 14 heavy (non-hydrogen) atoms. The van der Waals surface area contributed by atoms with Crippen LogP contribution in [0.2, 0.25) is 0 Å². The zero-order chi connectivity index (χ0) is 10.2. The monoisotopic (exact) mass is 244 g/mol. The first-order valence-electron chi connectivity index (χ1n) is 4.21. The van der Waals surface area contributed by atoms with Gasteiger partial charge in [-0.25, -0.2) is 0 Å². The first kappa shape index (κ1) is 11.4. The van der Waals surface area contributed by atoms with E-state index in [0.717, 1.165) is 6.42 Å². The molecule has 1 aliphatic rings. The van der Waals surface area contributed by atoms with Gasteiger partial charge in [0.1, 0.15) is 17.6 Å². The van der Waals surface area contributed by atoms with Gasteiger partial charge >= 0.3 is 46.4 Å². The summed E-state index contributed by atoms with van der Waals surface area (Å²) < 4.78 is 5.79. The molecule has 0 atom stereocenters. The van der Waals surface area contributed by atoms with Crippen molar-refractivity contribution in [3.8, 4) is 5.75 Å². The van der Waals surface area contributed by atoms with Gasteiger partial charge in [0.05, 0.1) is 0 Å². The Labute approximate surface area is 98.6 Å². The Kier molecular flexibility index (Phi) is 5.54. The molecule has 0 N–H and O–H groups in total. The van der Waals surface area contributed by atoms with Crippen LogP contribution in [0.25, 0.3) is 0 Å². The Balaban J connectivity index is 0.000000146. The van der Waals surface area contributed by atoms with Crippen LogP contribution in [-0.4, -0.2) is 0 Å². The summed E-state index contributed by atoms with van der Waals surface area (Å²) in [7, 11) is 0. The number of para-hydroxylation sites is 1. The van der Waals surface area contributed by atoms with Gasteiger partial charge in [0.2, 0.25) is 0 Å². The number of rotatable bonds is 1. The third-order valence-electron chi connectivity index (χ3n) is 1.58. The third-order valence-corrected chi connectivity index (χ3v) is 2.28. The van der Waals surface area contributed by atoms with Gasteiger partial charge in [0, 0.05) is 0 Å². The molecule has 1 aromatic rings. The van der Waals surface area contributed by atoms with Gasteiger partial charge in [-0.15, -0.1) is 0 Å². The van der Waals surface area contributed by atoms with E-state index < -0.39 is 0 Å². The summed E-state index contributed by atoms with van der Waals surface area (Å²) in [5.74, 6) is 0.675. The first-order valence-corrected chi connectivity index (χ1v) is 5.22. The van der Waals surface area contributed by atoms with Crippen LogP contribution < -0.4 is 4.29 Å². The van der Waals surface area contributed by atoms with Crippen molar-refractivity contribution >= 4 is 11.9 Å². The quantitative estimate of drug-likeness (QED) is 0.733. The minimum absolute atomic E-state index is 0.675. The zero-order valence-corrected chi connectivity index (χ0v) is 9.71. The Morgan fingerprint density at radius 1 is 1.21 bits per heavy atom. The molecule has 3 heteroatoms. The number of hydrogen-bond donors (Lipinski definition) is 0. The van der Waals surface area contributed by atoms with Gasteiger partial charge in [0.15, 0.2) is 0 Å². The molecule has 0 spiro atoms. The van der Waals surface area contributed by atoms with Crippen LogP contribution in [0.4, 0.5) is 0 Å². The second-order valence-electron chi connectivity index (χ2n) is 2.68. The molecule has 2 rings (SSSR count). The van der Waals surface area contributed by atoms with Crippen LogP contribution in [0.1, 0.15) is 6.42 Å². The summed E-state index contributed by atoms with van der Waals surface area (Å²) in [5, 5.41) is 0. The average Bonchev–Trinajstić information content (AvgIpc) is 2.71. The van der Waals surface area contributed by atoms with Crippen LogP contribution >= 0.6 is 11.9 Å². The van der Waals surface area contributed by atoms with E-state index in [1.54, 1.807) is 12.1 Å². The number of halogens is 1. The Bertz CT molecular complexity index is 319. The summed E-state index contributed by atoms with van der Waals surface area (Å²) in [4.78, 5) is 0. The van der Waals surface area contributed by atoms with Crippen molar-refractivity contribution < 1.29 is 21.7 Å². The molecule has 0 bridgehead atoms. The molecule has 0 unspecified atom stereocenters. The molecule has 1 nitrogen and oxygen atoms in total. The number of allylic oxidation sites excluding steroid dienone is 4. The second kappa shape index (κ2) is 6.77. The van der Waals surface area contributed by atoms with Crippen molar-refractivity contribution in [2.75, 3.05) is 0 Å². The molecule has 0 aliphatic heterocycles. The predicted molar refractivity (Wildman–Crippen MR) is 54.8 cm³/mol. The molecule has 1 aliphatic carbocycles. The summed E-state index contributed by atoms with van der Waals surface area (Å²) in [6.45, 7) is 0. The van der Waals surface area contributed by atoms with Crippen LogP contribution in [0.5, 0.6) is 5.75 Å². The van der Waals surface area contributed by atoms with E-state index in [4.69, 9.17) is 11.9 Å². The normalized spacial score (nSPS) is 12.8. The van der Waals surface area contributed by atoms with Crippen molar-refractivity contribution in [2.24, 2.45) is 0 Å². The maximum absolute atomic E-state index is 5.03. The molecule has 0 saturated carbocycles. The third kappa shape index (κ3) is 4.57. The zero-order valence-electron chi connectivity index (χ0n) is 7.56. The Morgan fingerprint density at radius 2 is 1.93 bits per heavy atom. The van der Waals surface area contributed by atoms with Crippen molar-refractivity contribution in [1.29, 1.82) is 0 Å². The fourth-order valence-electron chi connectivity index (χ4n) is 0.908. The van der Waals surface area contributed by atoms with Gasteiger partial charge in [-0.2, -0.15) is 0 Å². The van der Waals surface area contributed by atoms with E-state index in [-0.39, 0.29) is 0 Å². The summed E-state index contributed by atoms with van der Waals surface area (Å²) in [5.41, 5.74) is 0. The van der Waals surface area contributed by atoms with Gasteiger partial charge in [-0.05, 0) is 12.1 Å². The maximum atomic E-state index is 5.03. The van der Waals surface area contributed by atoms with E-state index in [2.05, 4.69) is 39.9 Å². The molecule has 1 aromatic carbocycles. The van der Waals surface area contributed by atoms with Crippen molar-refractivity contribution in [3.63, 3.8) is 0 Å². The van der Waals surface area contributed by atoms with E-state index in [1.165, 1.54) is 4.28 Å². The SMILES string of the molecule is ClOc1ccccc1.[V][C]1=CC=CC1. The van der Waals surface area contributed by atoms with Gasteiger partial charge in [0.25, 0.3) is 0 Å². The summed E-state index contributed by atoms with van der Waals surface area (Å²) in [6.07, 6.45) is 7.47. The van der Waals surface area contributed by atoms with E-state index >= 15 is 0 Å². The average molecular weight is 245 g/mol. The molecule has 0 radical (unpaired) electrons. The summed E-state index contributed by atoms with van der Waals surface area (Å²) >= 11 is 7.57. The van der Waals surface area contributed by atoms with Crippen LogP contribution in [0, 0.1) is 0 Å². The molecule has 0 saturated heterocycles. The van der Waals surface area contributed by atoms with Crippen molar-refractivity contribution in [2.45, 2.75) is 6.42 Å². The molecule has 0 fully saturated rings. The molecular weight excluding hydrogens is 235 g/mol. The second-order valence-corrected chi connectivity index (χ2v) is 3.73. The van der Waals surface area contributed by atoms with Crippen molar-refractivity contribution in [3.05, 3.63) is 52.8 Å². The number of benzene rings is 1. The minimum atomic E-state index is 0.675. The Hall–Kier alpha value is -0.626. The van der Waals surface area contributed by atoms with E-state index in [1.807, 2.05) is 18.2 Å². The first-order chi connectivity index (χ1) is 6.83. The molecule has 72 valence electrons. The van der Waals surface area contributed by atoms with Gasteiger partial charge in [-0.1, -0.05) is 18.2 Å². The van der Waals surface area contributed by atoms with Crippen LogP contribution in [0.3, 0.4) is 0 Å². The Morgan fingerprint density at radius 3 is 2.21 bits per heavy atom. The molecular formula is C11H10ClOV. The van der Waals surface area contributed by atoms with Gasteiger partial charge < -0.3 is 4.29 Å². The van der Waals surface area contributed by atoms with E-state index in [0.29, 0.717) is 5.75 Å². The molecule has 0 aromatic heterocycles. The molecule has 0 heterocycles. The topological polar surface area (TPSA) is 9.23 Å². The fourth-order valence-corrected chi connectivity index (χ4v) is 1.31. The van der Waals surface area contributed by atoms with Crippen LogP contribution in [-0.2, 0) is 17.4 Å². The van der Waals surface area contributed by atoms with E-state index in [9.17, 15) is 0 Å². The van der Waals surface area contributed by atoms with Crippen molar-refractivity contribution in [1.82, 2.24) is 0 Å². The fraction of sp³-hybridized carbons (Fsp3) is 0.0909.